The van der Waals surface area contributed by atoms with E-state index in [4.69, 9.17) is 4.98 Å². The van der Waals surface area contributed by atoms with Gasteiger partial charge < -0.3 is 0 Å². The number of aryl methyl sites for hydroxylation is 1. The second kappa shape index (κ2) is 3.53. The van der Waals surface area contributed by atoms with E-state index in [1.165, 1.54) is 26.6 Å². The second-order valence-corrected chi connectivity index (χ2v) is 5.54. The third kappa shape index (κ3) is 1.30. The average Bonchev–Trinajstić information content (AvgIpc) is 2.77. The third-order valence-corrected chi connectivity index (χ3v) is 4.34. The van der Waals surface area contributed by atoms with Crippen molar-refractivity contribution in [1.29, 1.82) is 0 Å². The predicted molar refractivity (Wildman–Crippen MR) is 78.5 cm³/mol. The first-order valence-electron chi connectivity index (χ1n) is 5.99. The number of rotatable bonds is 0. The van der Waals surface area contributed by atoms with E-state index in [0.717, 1.165) is 11.2 Å². The highest BCUT2D eigenvalue weighted by molar-refractivity contribution is 7.17. The van der Waals surface area contributed by atoms with Gasteiger partial charge >= 0.3 is 0 Å². The minimum absolute atomic E-state index is 1.10. The molecule has 0 aliphatic carbocycles. The lowest BCUT2D eigenvalue weighted by molar-refractivity contribution is 1.47. The number of hydrogen-bond donors (Lipinski definition) is 0. The molecule has 0 fully saturated rings. The summed E-state index contributed by atoms with van der Waals surface area (Å²) in [5.41, 5.74) is 4.79. The largest absolute Gasteiger partial charge is 0.247 e. The van der Waals surface area contributed by atoms with Crippen LogP contribution in [-0.2, 0) is 0 Å². The van der Waals surface area contributed by atoms with Gasteiger partial charge in [-0.25, -0.2) is 4.98 Å². The van der Waals surface area contributed by atoms with Gasteiger partial charge in [-0.05, 0) is 25.1 Å². The molecule has 2 heteroatoms. The van der Waals surface area contributed by atoms with Crippen LogP contribution in [0.5, 0.6) is 0 Å². The zero-order valence-electron chi connectivity index (χ0n) is 9.97. The first kappa shape index (κ1) is 10.0. The smallest absolute Gasteiger partial charge is 0.0810 e. The molecule has 2 aliphatic rings. The van der Waals surface area contributed by atoms with E-state index in [2.05, 4.69) is 54.8 Å². The molecule has 0 N–H and O–H groups in total. The Labute approximate surface area is 109 Å². The summed E-state index contributed by atoms with van der Waals surface area (Å²) in [6.45, 7) is 2.13. The van der Waals surface area contributed by atoms with E-state index in [-0.39, 0.29) is 0 Å². The fourth-order valence-corrected chi connectivity index (χ4v) is 3.42. The predicted octanol–water partition coefficient (Wildman–Crippen LogP) is 4.86. The molecule has 86 valence electrons. The fourth-order valence-electron chi connectivity index (χ4n) is 2.48. The van der Waals surface area contributed by atoms with Gasteiger partial charge in [-0.15, -0.1) is 11.3 Å². The van der Waals surface area contributed by atoms with Crippen molar-refractivity contribution in [3.63, 3.8) is 0 Å². The van der Waals surface area contributed by atoms with Gasteiger partial charge in [0.05, 0.1) is 11.2 Å². The molecule has 2 aromatic carbocycles. The minimum Gasteiger partial charge on any atom is -0.247 e. The molecule has 4 rings (SSSR count). The Balaban J connectivity index is 2.24. The van der Waals surface area contributed by atoms with E-state index in [1.54, 1.807) is 11.3 Å². The van der Waals surface area contributed by atoms with E-state index < -0.39 is 0 Å². The van der Waals surface area contributed by atoms with Crippen molar-refractivity contribution in [2.75, 3.05) is 0 Å². The number of hydrogen-bond acceptors (Lipinski definition) is 2. The van der Waals surface area contributed by atoms with E-state index >= 15 is 0 Å². The maximum Gasteiger partial charge on any atom is 0.0810 e. The Morgan fingerprint density at radius 2 is 1.89 bits per heavy atom. The SMILES string of the molecule is Cc1ccc2nc3c4ccccc4scc-3c2c1. The van der Waals surface area contributed by atoms with Crippen LogP contribution in [0.4, 0.5) is 0 Å². The van der Waals surface area contributed by atoms with Gasteiger partial charge in [-0.3, -0.25) is 0 Å². The van der Waals surface area contributed by atoms with Gasteiger partial charge in [0.2, 0.25) is 0 Å². The highest BCUT2D eigenvalue weighted by Gasteiger charge is 2.14. The zero-order valence-corrected chi connectivity index (χ0v) is 10.8. The van der Waals surface area contributed by atoms with Crippen molar-refractivity contribution >= 4 is 32.3 Å². The lowest BCUT2D eigenvalue weighted by Crippen LogP contribution is -1.78. The first-order valence-corrected chi connectivity index (χ1v) is 6.87. The van der Waals surface area contributed by atoms with Gasteiger partial charge in [-0.1, -0.05) is 29.8 Å². The van der Waals surface area contributed by atoms with Gasteiger partial charge in [0.1, 0.15) is 0 Å². The Bertz CT molecular complexity index is 844. The third-order valence-electron chi connectivity index (χ3n) is 3.38. The number of benzene rings is 2. The summed E-state index contributed by atoms with van der Waals surface area (Å²) in [6.07, 6.45) is 0. The lowest BCUT2D eigenvalue weighted by Gasteiger charge is -2.02. The van der Waals surface area contributed by atoms with Crippen LogP contribution in [0, 0.1) is 6.92 Å². The molecule has 0 radical (unpaired) electrons. The highest BCUT2D eigenvalue weighted by atomic mass is 32.1. The molecule has 0 atom stereocenters. The normalized spacial score (nSPS) is 11.6. The van der Waals surface area contributed by atoms with Crippen molar-refractivity contribution in [3.05, 3.63) is 53.4 Å². The molecule has 0 saturated carbocycles. The molecule has 0 unspecified atom stereocenters. The monoisotopic (exact) mass is 249 g/mol. The van der Waals surface area contributed by atoms with Gasteiger partial charge in [0.25, 0.3) is 0 Å². The molecule has 18 heavy (non-hydrogen) atoms. The Morgan fingerprint density at radius 3 is 2.83 bits per heavy atom. The van der Waals surface area contributed by atoms with E-state index in [9.17, 15) is 0 Å². The summed E-state index contributed by atoms with van der Waals surface area (Å²) in [5.74, 6) is 0. The van der Waals surface area contributed by atoms with Crippen molar-refractivity contribution in [2.24, 2.45) is 0 Å². The minimum atomic E-state index is 1.10. The van der Waals surface area contributed by atoms with Crippen LogP contribution in [0.1, 0.15) is 5.56 Å². The van der Waals surface area contributed by atoms with Crippen LogP contribution < -0.4 is 0 Å². The summed E-state index contributed by atoms with van der Waals surface area (Å²) in [6, 6.07) is 14.9. The van der Waals surface area contributed by atoms with Crippen LogP contribution in [0.15, 0.2) is 47.8 Å². The highest BCUT2D eigenvalue weighted by Crippen LogP contribution is 2.38. The molecule has 1 nitrogen and oxygen atoms in total. The zero-order chi connectivity index (χ0) is 12.1. The maximum absolute atomic E-state index is 4.79. The molecule has 0 aromatic heterocycles. The van der Waals surface area contributed by atoms with Crippen molar-refractivity contribution in [3.8, 4) is 11.3 Å². The lowest BCUT2D eigenvalue weighted by atomic mass is 10.1. The second-order valence-electron chi connectivity index (χ2n) is 4.63. The number of fused-ring (bicyclic) bond motifs is 5. The number of aromatic nitrogens is 1. The Kier molecular flexibility index (Phi) is 1.97. The number of nitrogens with zero attached hydrogens (tertiary/aromatic N) is 1. The molecular weight excluding hydrogens is 238 g/mol. The standard InChI is InChI=1S/C16H11NS/c1-10-6-7-14-12(8-10)13-9-18-15-5-3-2-4-11(15)16(13)17-14/h2-9H,1H3. The summed E-state index contributed by atoms with van der Waals surface area (Å²) < 4.78 is 1.30. The summed E-state index contributed by atoms with van der Waals surface area (Å²) in [5, 5.41) is 4.76. The summed E-state index contributed by atoms with van der Waals surface area (Å²) in [4.78, 5) is 4.79. The van der Waals surface area contributed by atoms with Crippen LogP contribution >= 0.6 is 11.3 Å². The molecule has 0 saturated heterocycles. The molecule has 0 bridgehead atoms. The maximum atomic E-state index is 4.79. The summed E-state index contributed by atoms with van der Waals surface area (Å²) in [7, 11) is 0. The molecule has 2 aromatic rings. The molecular formula is C16H11NS. The van der Waals surface area contributed by atoms with E-state index in [0.29, 0.717) is 0 Å². The van der Waals surface area contributed by atoms with Crippen LogP contribution in [-0.4, -0.2) is 4.98 Å². The van der Waals surface area contributed by atoms with Crippen LogP contribution in [0.3, 0.4) is 0 Å². The first-order chi connectivity index (χ1) is 8.83. The Hall–Kier alpha value is -1.93. The molecule has 2 aliphatic heterocycles. The van der Waals surface area contributed by atoms with Gasteiger partial charge in [-0.2, -0.15) is 0 Å². The van der Waals surface area contributed by atoms with Crippen LogP contribution in [0.2, 0.25) is 0 Å². The quantitative estimate of drug-likeness (QED) is 0.433. The van der Waals surface area contributed by atoms with E-state index in [1.807, 2.05) is 0 Å². The molecule has 0 spiro atoms. The molecule has 2 heterocycles. The molecule has 0 amide bonds. The van der Waals surface area contributed by atoms with Crippen molar-refractivity contribution in [1.82, 2.24) is 4.98 Å². The summed E-state index contributed by atoms with van der Waals surface area (Å²) >= 11 is 1.79. The van der Waals surface area contributed by atoms with Crippen molar-refractivity contribution in [2.45, 2.75) is 6.92 Å². The van der Waals surface area contributed by atoms with Gasteiger partial charge in [0, 0.05) is 26.4 Å². The van der Waals surface area contributed by atoms with Crippen LogP contribution in [0.25, 0.3) is 32.2 Å². The van der Waals surface area contributed by atoms with Crippen molar-refractivity contribution < 1.29 is 0 Å². The van der Waals surface area contributed by atoms with Gasteiger partial charge in [0.15, 0.2) is 0 Å². The topological polar surface area (TPSA) is 12.9 Å². The fraction of sp³-hybridized carbons (Fsp3) is 0.0625. The average molecular weight is 249 g/mol. The Morgan fingerprint density at radius 1 is 1.00 bits per heavy atom.